The molecule has 3 rings (SSSR count). The van der Waals surface area contributed by atoms with Gasteiger partial charge in [-0.3, -0.25) is 9.52 Å². The molecule has 2 N–H and O–H groups in total. The molecule has 0 radical (unpaired) electrons. The molecule has 2 aromatic rings. The van der Waals surface area contributed by atoms with Crippen LogP contribution in [0.5, 0.6) is 5.75 Å². The lowest BCUT2D eigenvalue weighted by atomic mass is 10.1. The number of hydrogen-bond acceptors (Lipinski definition) is 4. The standard InChI is InChI=1S/C20H23BrN2O4S/c1-2-27-18-12-7-15(21)13-19(18)28(25,26)23-17-10-8-16(9-11-17)22-20(24)14-5-3-4-6-14/h7-14,23H,2-6H2,1H3,(H,22,24). The summed E-state index contributed by atoms with van der Waals surface area (Å²) in [4.78, 5) is 12.3. The predicted octanol–water partition coefficient (Wildman–Crippen LogP) is 4.78. The van der Waals surface area contributed by atoms with Gasteiger partial charge in [0, 0.05) is 21.8 Å². The molecule has 8 heteroatoms. The Bertz CT molecular complexity index is 939. The highest BCUT2D eigenvalue weighted by molar-refractivity contribution is 9.10. The molecule has 0 aromatic heterocycles. The van der Waals surface area contributed by atoms with Crippen molar-refractivity contribution in [2.24, 2.45) is 5.92 Å². The molecule has 1 fully saturated rings. The lowest BCUT2D eigenvalue weighted by Gasteiger charge is -2.14. The van der Waals surface area contributed by atoms with Crippen LogP contribution in [0.25, 0.3) is 0 Å². The minimum absolute atomic E-state index is 0.0290. The average Bonchev–Trinajstić information content (AvgIpc) is 3.19. The predicted molar refractivity (Wildman–Crippen MR) is 113 cm³/mol. The molecule has 0 heterocycles. The maximum absolute atomic E-state index is 12.8. The molecule has 0 saturated heterocycles. The molecule has 0 unspecified atom stereocenters. The number of anilines is 2. The van der Waals surface area contributed by atoms with Gasteiger partial charge in [0.2, 0.25) is 5.91 Å². The fourth-order valence-corrected chi connectivity index (χ4v) is 4.97. The summed E-state index contributed by atoms with van der Waals surface area (Å²) in [6.45, 7) is 2.16. The van der Waals surface area contributed by atoms with Crippen molar-refractivity contribution in [3.05, 3.63) is 46.9 Å². The smallest absolute Gasteiger partial charge is 0.265 e. The molecule has 1 aliphatic carbocycles. The second kappa shape index (κ2) is 8.96. The van der Waals surface area contributed by atoms with Gasteiger partial charge in [0.05, 0.1) is 6.61 Å². The SMILES string of the molecule is CCOc1ccc(Br)cc1S(=O)(=O)Nc1ccc(NC(=O)C2CCCC2)cc1. The van der Waals surface area contributed by atoms with Gasteiger partial charge in [-0.15, -0.1) is 0 Å². The number of hydrogen-bond donors (Lipinski definition) is 2. The zero-order valence-corrected chi connectivity index (χ0v) is 18.0. The van der Waals surface area contributed by atoms with Gasteiger partial charge in [-0.05, 0) is 62.2 Å². The van der Waals surface area contributed by atoms with Crippen LogP contribution in [0.2, 0.25) is 0 Å². The quantitative estimate of drug-likeness (QED) is 0.614. The van der Waals surface area contributed by atoms with E-state index in [1.54, 1.807) is 43.3 Å². The summed E-state index contributed by atoms with van der Waals surface area (Å²) in [7, 11) is -3.83. The topological polar surface area (TPSA) is 84.5 Å². The molecule has 0 bridgehead atoms. The van der Waals surface area contributed by atoms with E-state index in [9.17, 15) is 13.2 Å². The molecule has 0 aliphatic heterocycles. The fraction of sp³-hybridized carbons (Fsp3) is 0.350. The van der Waals surface area contributed by atoms with Gasteiger partial charge in [0.15, 0.2) is 0 Å². The van der Waals surface area contributed by atoms with E-state index in [1.165, 1.54) is 6.07 Å². The van der Waals surface area contributed by atoms with Crippen LogP contribution in [0.15, 0.2) is 51.8 Å². The molecule has 2 aromatic carbocycles. The Hall–Kier alpha value is -2.06. The molecule has 150 valence electrons. The average molecular weight is 467 g/mol. The van der Waals surface area contributed by atoms with Crippen molar-refractivity contribution in [3.8, 4) is 5.75 Å². The Labute approximate surface area is 173 Å². The number of sulfonamides is 1. The highest BCUT2D eigenvalue weighted by Gasteiger charge is 2.23. The van der Waals surface area contributed by atoms with Crippen LogP contribution in [-0.4, -0.2) is 20.9 Å². The van der Waals surface area contributed by atoms with Gasteiger partial charge in [-0.2, -0.15) is 0 Å². The minimum atomic E-state index is -3.83. The number of carbonyl (C=O) groups is 1. The second-order valence-corrected chi connectivity index (χ2v) is 9.24. The number of ether oxygens (including phenoxy) is 1. The highest BCUT2D eigenvalue weighted by Crippen LogP contribution is 2.30. The lowest BCUT2D eigenvalue weighted by Crippen LogP contribution is -2.20. The first-order chi connectivity index (χ1) is 13.4. The number of benzene rings is 2. The van der Waals surface area contributed by atoms with Crippen molar-refractivity contribution < 1.29 is 17.9 Å². The van der Waals surface area contributed by atoms with Crippen molar-refractivity contribution >= 4 is 43.2 Å². The van der Waals surface area contributed by atoms with Crippen molar-refractivity contribution in [2.45, 2.75) is 37.5 Å². The van der Waals surface area contributed by atoms with E-state index in [1.807, 2.05) is 0 Å². The van der Waals surface area contributed by atoms with E-state index < -0.39 is 10.0 Å². The Morgan fingerprint density at radius 3 is 2.39 bits per heavy atom. The minimum Gasteiger partial charge on any atom is -0.492 e. The van der Waals surface area contributed by atoms with Crippen molar-refractivity contribution in [3.63, 3.8) is 0 Å². The molecular formula is C20H23BrN2O4S. The monoisotopic (exact) mass is 466 g/mol. The first-order valence-electron chi connectivity index (χ1n) is 9.25. The van der Waals surface area contributed by atoms with Crippen LogP contribution in [-0.2, 0) is 14.8 Å². The molecule has 0 atom stereocenters. The van der Waals surface area contributed by atoms with E-state index in [2.05, 4.69) is 26.0 Å². The molecule has 1 amide bonds. The molecular weight excluding hydrogens is 444 g/mol. The van der Waals surface area contributed by atoms with Crippen LogP contribution < -0.4 is 14.8 Å². The first-order valence-corrected chi connectivity index (χ1v) is 11.5. The largest absolute Gasteiger partial charge is 0.492 e. The van der Waals surface area contributed by atoms with E-state index in [0.717, 1.165) is 25.7 Å². The number of carbonyl (C=O) groups excluding carboxylic acids is 1. The van der Waals surface area contributed by atoms with Crippen molar-refractivity contribution in [1.82, 2.24) is 0 Å². The van der Waals surface area contributed by atoms with Gasteiger partial charge in [-0.25, -0.2) is 8.42 Å². The summed E-state index contributed by atoms with van der Waals surface area (Å²) >= 11 is 3.30. The van der Waals surface area contributed by atoms with E-state index >= 15 is 0 Å². The number of nitrogens with one attached hydrogen (secondary N) is 2. The third kappa shape index (κ3) is 5.05. The summed E-state index contributed by atoms with van der Waals surface area (Å²) in [5.41, 5.74) is 1.05. The van der Waals surface area contributed by atoms with Gasteiger partial charge in [0.25, 0.3) is 10.0 Å². The summed E-state index contributed by atoms with van der Waals surface area (Å²) < 4.78 is 34.2. The summed E-state index contributed by atoms with van der Waals surface area (Å²) in [6.07, 6.45) is 4.05. The first kappa shape index (κ1) is 20.7. The highest BCUT2D eigenvalue weighted by atomic mass is 79.9. The molecule has 1 aliphatic rings. The van der Waals surface area contributed by atoms with E-state index in [-0.39, 0.29) is 16.7 Å². The van der Waals surface area contributed by atoms with Crippen LogP contribution in [0.3, 0.4) is 0 Å². The van der Waals surface area contributed by atoms with Crippen molar-refractivity contribution in [2.75, 3.05) is 16.6 Å². The Kier molecular flexibility index (Phi) is 6.61. The number of halogens is 1. The zero-order chi connectivity index (χ0) is 20.1. The van der Waals surface area contributed by atoms with Crippen LogP contribution >= 0.6 is 15.9 Å². The van der Waals surface area contributed by atoms with Crippen LogP contribution in [0, 0.1) is 5.92 Å². The lowest BCUT2D eigenvalue weighted by molar-refractivity contribution is -0.119. The number of amides is 1. The Morgan fingerprint density at radius 2 is 1.75 bits per heavy atom. The third-order valence-electron chi connectivity index (χ3n) is 4.63. The molecule has 1 saturated carbocycles. The Balaban J connectivity index is 1.72. The van der Waals surface area contributed by atoms with Gasteiger partial charge in [0.1, 0.15) is 10.6 Å². The third-order valence-corrected chi connectivity index (χ3v) is 6.52. The maximum Gasteiger partial charge on any atom is 0.265 e. The molecule has 6 nitrogen and oxygen atoms in total. The summed E-state index contributed by atoms with van der Waals surface area (Å²) in [5.74, 6) is 0.395. The van der Waals surface area contributed by atoms with Crippen LogP contribution in [0.4, 0.5) is 11.4 Å². The van der Waals surface area contributed by atoms with Crippen molar-refractivity contribution in [1.29, 1.82) is 0 Å². The van der Waals surface area contributed by atoms with Crippen LogP contribution in [0.1, 0.15) is 32.6 Å². The van der Waals surface area contributed by atoms with E-state index in [0.29, 0.717) is 28.2 Å². The number of rotatable bonds is 7. The second-order valence-electron chi connectivity index (χ2n) is 6.68. The maximum atomic E-state index is 12.8. The summed E-state index contributed by atoms with van der Waals surface area (Å²) in [6, 6.07) is 11.5. The van der Waals surface area contributed by atoms with Gasteiger partial charge in [-0.1, -0.05) is 28.8 Å². The summed E-state index contributed by atoms with van der Waals surface area (Å²) in [5, 5.41) is 2.90. The normalized spacial score (nSPS) is 14.6. The Morgan fingerprint density at radius 1 is 1.11 bits per heavy atom. The van der Waals surface area contributed by atoms with Gasteiger partial charge < -0.3 is 10.1 Å². The fourth-order valence-electron chi connectivity index (χ4n) is 3.23. The van der Waals surface area contributed by atoms with E-state index in [4.69, 9.17) is 4.74 Å². The molecule has 28 heavy (non-hydrogen) atoms. The zero-order valence-electron chi connectivity index (χ0n) is 15.6. The molecule has 0 spiro atoms. The van der Waals surface area contributed by atoms with Gasteiger partial charge >= 0.3 is 0 Å².